The third kappa shape index (κ3) is 4.29. The number of halogens is 1. The molecule has 1 aromatic rings. The number of hydrogen-bond acceptors (Lipinski definition) is 2. The fraction of sp³-hybridized carbons (Fsp3) is 0.625. The van der Waals surface area contributed by atoms with Crippen LogP contribution in [0.2, 0.25) is 0 Å². The predicted octanol–water partition coefficient (Wildman–Crippen LogP) is 3.18. The fourth-order valence-electron chi connectivity index (χ4n) is 2.67. The van der Waals surface area contributed by atoms with Crippen molar-refractivity contribution in [2.75, 3.05) is 13.1 Å². The lowest BCUT2D eigenvalue weighted by atomic mass is 10.0. The van der Waals surface area contributed by atoms with Gasteiger partial charge < -0.3 is 5.32 Å². The summed E-state index contributed by atoms with van der Waals surface area (Å²) in [6.45, 7) is 7.19. The molecule has 0 aromatic heterocycles. The highest BCUT2D eigenvalue weighted by atomic mass is 19.1. The van der Waals surface area contributed by atoms with Gasteiger partial charge in [-0.25, -0.2) is 4.39 Å². The van der Waals surface area contributed by atoms with E-state index in [2.05, 4.69) is 24.1 Å². The number of benzene rings is 1. The highest BCUT2D eigenvalue weighted by Crippen LogP contribution is 2.15. The average Bonchev–Trinajstić information content (AvgIpc) is 2.41. The smallest absolute Gasteiger partial charge is 0.127 e. The lowest BCUT2D eigenvalue weighted by molar-refractivity contribution is 0.175. The molecule has 0 saturated carbocycles. The van der Waals surface area contributed by atoms with Gasteiger partial charge in [-0.15, -0.1) is 0 Å². The molecule has 3 heteroatoms. The van der Waals surface area contributed by atoms with Crippen LogP contribution in [0, 0.1) is 5.82 Å². The Labute approximate surface area is 116 Å². The van der Waals surface area contributed by atoms with Gasteiger partial charge in [0.05, 0.1) is 0 Å². The van der Waals surface area contributed by atoms with E-state index in [4.69, 9.17) is 0 Å². The normalized spacial score (nSPS) is 20.2. The molecule has 1 aliphatic rings. The van der Waals surface area contributed by atoms with E-state index in [-0.39, 0.29) is 5.82 Å². The standard InChI is InChI=1S/C16H25FN2/c1-13(2)19(12-15-8-5-6-10-18-15)11-14-7-3-4-9-16(14)17/h3-4,7,9,13,15,18H,5-6,8,10-12H2,1-2H3. The Kier molecular flexibility index (Phi) is 5.34. The first-order chi connectivity index (χ1) is 9.16. The Morgan fingerprint density at radius 3 is 2.74 bits per heavy atom. The summed E-state index contributed by atoms with van der Waals surface area (Å²) in [5, 5.41) is 3.57. The summed E-state index contributed by atoms with van der Waals surface area (Å²) in [6, 6.07) is 8.09. The molecule has 1 atom stereocenters. The second-order valence-corrected chi connectivity index (χ2v) is 5.76. The number of hydrogen-bond donors (Lipinski definition) is 1. The van der Waals surface area contributed by atoms with E-state index >= 15 is 0 Å². The van der Waals surface area contributed by atoms with E-state index in [9.17, 15) is 4.39 Å². The molecule has 1 N–H and O–H groups in total. The van der Waals surface area contributed by atoms with Gasteiger partial charge in [-0.3, -0.25) is 4.90 Å². The van der Waals surface area contributed by atoms with E-state index in [0.29, 0.717) is 18.6 Å². The van der Waals surface area contributed by atoms with Crippen LogP contribution in [0.3, 0.4) is 0 Å². The summed E-state index contributed by atoms with van der Waals surface area (Å²) in [6.07, 6.45) is 3.83. The summed E-state index contributed by atoms with van der Waals surface area (Å²) in [4.78, 5) is 2.36. The zero-order chi connectivity index (χ0) is 13.7. The predicted molar refractivity (Wildman–Crippen MR) is 77.6 cm³/mol. The van der Waals surface area contributed by atoms with Crippen molar-refractivity contribution in [1.82, 2.24) is 10.2 Å². The molecule has 1 unspecified atom stereocenters. The van der Waals surface area contributed by atoms with E-state index in [1.807, 2.05) is 12.1 Å². The number of rotatable bonds is 5. The van der Waals surface area contributed by atoms with E-state index in [1.54, 1.807) is 12.1 Å². The molecule has 0 radical (unpaired) electrons. The van der Waals surface area contributed by atoms with Crippen molar-refractivity contribution < 1.29 is 4.39 Å². The zero-order valence-corrected chi connectivity index (χ0v) is 12.0. The first-order valence-corrected chi connectivity index (χ1v) is 7.37. The highest BCUT2D eigenvalue weighted by molar-refractivity contribution is 5.17. The second kappa shape index (κ2) is 7.01. The summed E-state index contributed by atoms with van der Waals surface area (Å²) >= 11 is 0. The molecule has 0 bridgehead atoms. The van der Waals surface area contributed by atoms with E-state index in [1.165, 1.54) is 19.3 Å². The van der Waals surface area contributed by atoms with Crippen molar-refractivity contribution in [2.24, 2.45) is 0 Å². The molecule has 0 amide bonds. The molecule has 0 aliphatic carbocycles. The van der Waals surface area contributed by atoms with Crippen LogP contribution in [0.5, 0.6) is 0 Å². The van der Waals surface area contributed by atoms with Gasteiger partial charge in [0, 0.05) is 30.7 Å². The van der Waals surface area contributed by atoms with Crippen molar-refractivity contribution in [2.45, 2.75) is 51.7 Å². The molecule has 1 fully saturated rings. The van der Waals surface area contributed by atoms with Gasteiger partial charge in [-0.2, -0.15) is 0 Å². The Bertz CT molecular complexity index is 386. The lowest BCUT2D eigenvalue weighted by Gasteiger charge is -2.33. The van der Waals surface area contributed by atoms with Crippen LogP contribution in [0.25, 0.3) is 0 Å². The van der Waals surface area contributed by atoms with Crippen molar-refractivity contribution in [3.8, 4) is 0 Å². The minimum atomic E-state index is -0.0928. The Balaban J connectivity index is 1.97. The molecule has 1 aromatic carbocycles. The zero-order valence-electron chi connectivity index (χ0n) is 12.0. The molecular formula is C16H25FN2. The molecule has 106 valence electrons. The molecule has 2 rings (SSSR count). The maximum atomic E-state index is 13.7. The van der Waals surface area contributed by atoms with Crippen LogP contribution in [-0.4, -0.2) is 30.1 Å². The quantitative estimate of drug-likeness (QED) is 0.878. The van der Waals surface area contributed by atoms with Gasteiger partial charge in [0.15, 0.2) is 0 Å². The van der Waals surface area contributed by atoms with Gasteiger partial charge in [0.1, 0.15) is 5.82 Å². The summed E-state index contributed by atoms with van der Waals surface area (Å²) in [5.41, 5.74) is 0.798. The number of piperidine rings is 1. The van der Waals surface area contributed by atoms with Crippen LogP contribution in [0.4, 0.5) is 4.39 Å². The van der Waals surface area contributed by atoms with Gasteiger partial charge in [0.2, 0.25) is 0 Å². The summed E-state index contributed by atoms with van der Waals surface area (Å²) < 4.78 is 13.7. The maximum absolute atomic E-state index is 13.7. The van der Waals surface area contributed by atoms with Crippen molar-refractivity contribution in [3.63, 3.8) is 0 Å². The first-order valence-electron chi connectivity index (χ1n) is 7.37. The molecule has 1 heterocycles. The largest absolute Gasteiger partial charge is 0.313 e. The molecule has 1 aliphatic heterocycles. The SMILES string of the molecule is CC(C)N(Cc1ccccc1F)CC1CCCCN1. The molecule has 0 spiro atoms. The van der Waals surface area contributed by atoms with E-state index in [0.717, 1.165) is 18.7 Å². The summed E-state index contributed by atoms with van der Waals surface area (Å²) in [5.74, 6) is -0.0928. The van der Waals surface area contributed by atoms with Crippen molar-refractivity contribution in [1.29, 1.82) is 0 Å². The maximum Gasteiger partial charge on any atom is 0.127 e. The van der Waals surface area contributed by atoms with Gasteiger partial charge >= 0.3 is 0 Å². The third-order valence-corrected chi connectivity index (χ3v) is 3.93. The lowest BCUT2D eigenvalue weighted by Crippen LogP contribution is -2.45. The molecule has 1 saturated heterocycles. The molecule has 19 heavy (non-hydrogen) atoms. The number of nitrogens with zero attached hydrogens (tertiary/aromatic N) is 1. The molecular weight excluding hydrogens is 239 g/mol. The minimum Gasteiger partial charge on any atom is -0.313 e. The number of nitrogens with one attached hydrogen (secondary N) is 1. The third-order valence-electron chi connectivity index (χ3n) is 3.93. The Hall–Kier alpha value is -0.930. The highest BCUT2D eigenvalue weighted by Gasteiger charge is 2.19. The molecule has 2 nitrogen and oxygen atoms in total. The van der Waals surface area contributed by atoms with Crippen LogP contribution in [0.15, 0.2) is 24.3 Å². The van der Waals surface area contributed by atoms with Crippen molar-refractivity contribution in [3.05, 3.63) is 35.6 Å². The first kappa shape index (κ1) is 14.5. The summed E-state index contributed by atoms with van der Waals surface area (Å²) in [7, 11) is 0. The minimum absolute atomic E-state index is 0.0928. The van der Waals surface area contributed by atoms with Crippen molar-refractivity contribution >= 4 is 0 Å². The average molecular weight is 264 g/mol. The Morgan fingerprint density at radius 2 is 2.11 bits per heavy atom. The van der Waals surface area contributed by atoms with Crippen LogP contribution < -0.4 is 5.32 Å². The van der Waals surface area contributed by atoms with Gasteiger partial charge in [0.25, 0.3) is 0 Å². The van der Waals surface area contributed by atoms with Gasteiger partial charge in [-0.1, -0.05) is 24.6 Å². The monoisotopic (exact) mass is 264 g/mol. The topological polar surface area (TPSA) is 15.3 Å². The second-order valence-electron chi connectivity index (χ2n) is 5.76. The fourth-order valence-corrected chi connectivity index (χ4v) is 2.67. The van der Waals surface area contributed by atoms with Gasteiger partial charge in [-0.05, 0) is 39.3 Å². The van der Waals surface area contributed by atoms with E-state index < -0.39 is 0 Å². The van der Waals surface area contributed by atoms with Crippen LogP contribution in [-0.2, 0) is 6.54 Å². The van der Waals surface area contributed by atoms with Crippen LogP contribution >= 0.6 is 0 Å². The van der Waals surface area contributed by atoms with Crippen LogP contribution in [0.1, 0.15) is 38.7 Å². The Morgan fingerprint density at radius 1 is 1.32 bits per heavy atom.